The van der Waals surface area contributed by atoms with Crippen molar-refractivity contribution in [3.63, 3.8) is 0 Å². The lowest BCUT2D eigenvalue weighted by atomic mass is 10.2. The van der Waals surface area contributed by atoms with E-state index in [1.54, 1.807) is 30.2 Å². The summed E-state index contributed by atoms with van der Waals surface area (Å²) in [4.78, 5) is 14.1. The Morgan fingerprint density at radius 3 is 2.79 bits per heavy atom. The summed E-state index contributed by atoms with van der Waals surface area (Å²) >= 11 is 4.23. The monoisotopic (exact) mass is 207 g/mol. The first-order chi connectivity index (χ1) is 6.66. The maximum absolute atomic E-state index is 11.8. The number of hydrogen-bond donors (Lipinski definition) is 1. The lowest BCUT2D eigenvalue weighted by Crippen LogP contribution is -2.26. The van der Waals surface area contributed by atoms with Gasteiger partial charge in [-0.15, -0.1) is 19.2 Å². The van der Waals surface area contributed by atoms with Gasteiger partial charge in [0, 0.05) is 18.5 Å². The number of likely N-dealkylation sites (N-methyl/N-ethyl adjacent to an activating group) is 1. The highest BCUT2D eigenvalue weighted by atomic mass is 32.1. The summed E-state index contributed by atoms with van der Waals surface area (Å²) in [6.45, 7) is 4.13. The fourth-order valence-electron chi connectivity index (χ4n) is 1.14. The molecule has 74 valence electrons. The molecule has 0 aromatic heterocycles. The molecular formula is C11H13NOS. The van der Waals surface area contributed by atoms with Crippen LogP contribution in [0.1, 0.15) is 10.4 Å². The largest absolute Gasteiger partial charge is 0.338 e. The van der Waals surface area contributed by atoms with Gasteiger partial charge in [-0.1, -0.05) is 18.2 Å². The van der Waals surface area contributed by atoms with E-state index < -0.39 is 0 Å². The zero-order valence-electron chi connectivity index (χ0n) is 8.10. The lowest BCUT2D eigenvalue weighted by molar-refractivity contribution is 0.0807. The third kappa shape index (κ3) is 2.39. The molecule has 0 saturated carbocycles. The Bertz CT molecular complexity index is 349. The minimum Gasteiger partial charge on any atom is -0.338 e. The van der Waals surface area contributed by atoms with Gasteiger partial charge in [0.15, 0.2) is 0 Å². The summed E-state index contributed by atoms with van der Waals surface area (Å²) in [6, 6.07) is 7.25. The summed E-state index contributed by atoms with van der Waals surface area (Å²) in [5.74, 6) is -0.0319. The summed E-state index contributed by atoms with van der Waals surface area (Å²) in [7, 11) is 1.74. The highest BCUT2D eigenvalue weighted by Gasteiger charge is 2.12. The second-order valence-electron chi connectivity index (χ2n) is 2.99. The van der Waals surface area contributed by atoms with Crippen LogP contribution < -0.4 is 0 Å². The molecule has 0 spiro atoms. The molecule has 3 heteroatoms. The van der Waals surface area contributed by atoms with E-state index in [0.717, 1.165) is 0 Å². The van der Waals surface area contributed by atoms with E-state index in [4.69, 9.17) is 0 Å². The van der Waals surface area contributed by atoms with E-state index >= 15 is 0 Å². The molecule has 0 atom stereocenters. The van der Waals surface area contributed by atoms with Gasteiger partial charge in [0.2, 0.25) is 0 Å². The van der Waals surface area contributed by atoms with Crippen LogP contribution in [0, 0.1) is 0 Å². The molecule has 1 aromatic carbocycles. The quantitative estimate of drug-likeness (QED) is 0.595. The predicted molar refractivity (Wildman–Crippen MR) is 60.9 cm³/mol. The Morgan fingerprint density at radius 2 is 2.21 bits per heavy atom. The molecule has 0 aliphatic heterocycles. The van der Waals surface area contributed by atoms with Gasteiger partial charge < -0.3 is 4.90 Å². The number of nitrogens with zero attached hydrogens (tertiary/aromatic N) is 1. The average molecular weight is 207 g/mol. The number of amides is 1. The Morgan fingerprint density at radius 1 is 1.57 bits per heavy atom. The van der Waals surface area contributed by atoms with Gasteiger partial charge in [-0.05, 0) is 12.1 Å². The second-order valence-corrected chi connectivity index (χ2v) is 3.47. The molecular weight excluding hydrogens is 194 g/mol. The van der Waals surface area contributed by atoms with Crippen molar-refractivity contribution in [2.24, 2.45) is 0 Å². The Kier molecular flexibility index (Phi) is 3.77. The van der Waals surface area contributed by atoms with Crippen LogP contribution in [0.2, 0.25) is 0 Å². The number of carbonyl (C=O) groups is 1. The first-order valence-electron chi connectivity index (χ1n) is 4.31. The molecule has 0 unspecified atom stereocenters. The number of rotatable bonds is 3. The Hall–Kier alpha value is -1.22. The van der Waals surface area contributed by atoms with Crippen molar-refractivity contribution in [1.29, 1.82) is 0 Å². The molecule has 1 amide bonds. The first kappa shape index (κ1) is 10.9. The van der Waals surface area contributed by atoms with Gasteiger partial charge in [0.25, 0.3) is 5.91 Å². The van der Waals surface area contributed by atoms with E-state index in [1.807, 2.05) is 12.1 Å². The molecule has 0 aliphatic rings. The van der Waals surface area contributed by atoms with Crippen LogP contribution in [-0.4, -0.2) is 24.4 Å². The van der Waals surface area contributed by atoms with Crippen LogP contribution >= 0.6 is 12.6 Å². The van der Waals surface area contributed by atoms with Gasteiger partial charge in [-0.3, -0.25) is 4.79 Å². The molecule has 0 saturated heterocycles. The lowest BCUT2D eigenvalue weighted by Gasteiger charge is -2.15. The molecule has 0 aliphatic carbocycles. The summed E-state index contributed by atoms with van der Waals surface area (Å²) < 4.78 is 0. The van der Waals surface area contributed by atoms with Crippen molar-refractivity contribution >= 4 is 18.5 Å². The van der Waals surface area contributed by atoms with E-state index in [2.05, 4.69) is 19.2 Å². The summed E-state index contributed by atoms with van der Waals surface area (Å²) in [5.41, 5.74) is 0.625. The van der Waals surface area contributed by atoms with Crippen LogP contribution in [0.5, 0.6) is 0 Å². The fraction of sp³-hybridized carbons (Fsp3) is 0.182. The second kappa shape index (κ2) is 4.86. The normalized spacial score (nSPS) is 9.57. The fourth-order valence-corrected chi connectivity index (χ4v) is 1.39. The van der Waals surface area contributed by atoms with E-state index in [-0.39, 0.29) is 5.91 Å². The molecule has 0 fully saturated rings. The SMILES string of the molecule is C=CCN(C)C(=O)c1ccccc1S. The number of thiol groups is 1. The van der Waals surface area contributed by atoms with Gasteiger partial charge in [0.05, 0.1) is 5.56 Å². The minimum absolute atomic E-state index is 0.0319. The maximum atomic E-state index is 11.8. The average Bonchev–Trinajstić information content (AvgIpc) is 2.18. The zero-order chi connectivity index (χ0) is 10.6. The van der Waals surface area contributed by atoms with Gasteiger partial charge >= 0.3 is 0 Å². The van der Waals surface area contributed by atoms with Gasteiger partial charge in [0.1, 0.15) is 0 Å². The van der Waals surface area contributed by atoms with Gasteiger partial charge in [-0.25, -0.2) is 0 Å². The highest BCUT2D eigenvalue weighted by molar-refractivity contribution is 7.80. The van der Waals surface area contributed by atoms with Crippen LogP contribution in [0.3, 0.4) is 0 Å². The topological polar surface area (TPSA) is 20.3 Å². The van der Waals surface area contributed by atoms with Crippen molar-refractivity contribution in [1.82, 2.24) is 4.90 Å². The third-order valence-electron chi connectivity index (χ3n) is 1.88. The summed E-state index contributed by atoms with van der Waals surface area (Å²) in [5, 5.41) is 0. The van der Waals surface area contributed by atoms with Crippen molar-refractivity contribution in [2.75, 3.05) is 13.6 Å². The number of hydrogen-bond acceptors (Lipinski definition) is 2. The molecule has 0 bridgehead atoms. The van der Waals surface area contributed by atoms with E-state index in [0.29, 0.717) is 17.0 Å². The first-order valence-corrected chi connectivity index (χ1v) is 4.76. The number of carbonyl (C=O) groups excluding carboxylic acids is 1. The third-order valence-corrected chi connectivity index (χ3v) is 2.27. The predicted octanol–water partition coefficient (Wildman–Crippen LogP) is 2.23. The zero-order valence-corrected chi connectivity index (χ0v) is 9.00. The molecule has 2 nitrogen and oxygen atoms in total. The van der Waals surface area contributed by atoms with Crippen LogP contribution in [0.25, 0.3) is 0 Å². The Balaban J connectivity index is 2.89. The van der Waals surface area contributed by atoms with Crippen molar-refractivity contribution < 1.29 is 4.79 Å². The number of benzene rings is 1. The maximum Gasteiger partial charge on any atom is 0.255 e. The van der Waals surface area contributed by atoms with E-state index in [9.17, 15) is 4.79 Å². The van der Waals surface area contributed by atoms with Crippen LogP contribution in [-0.2, 0) is 0 Å². The van der Waals surface area contributed by atoms with Crippen LogP contribution in [0.4, 0.5) is 0 Å². The van der Waals surface area contributed by atoms with Crippen LogP contribution in [0.15, 0.2) is 41.8 Å². The molecule has 0 heterocycles. The summed E-state index contributed by atoms with van der Waals surface area (Å²) in [6.07, 6.45) is 1.69. The van der Waals surface area contributed by atoms with Crippen molar-refractivity contribution in [3.8, 4) is 0 Å². The molecule has 1 aromatic rings. The highest BCUT2D eigenvalue weighted by Crippen LogP contribution is 2.14. The van der Waals surface area contributed by atoms with E-state index in [1.165, 1.54) is 0 Å². The van der Waals surface area contributed by atoms with Crippen molar-refractivity contribution in [2.45, 2.75) is 4.90 Å². The smallest absolute Gasteiger partial charge is 0.255 e. The molecule has 14 heavy (non-hydrogen) atoms. The molecule has 0 radical (unpaired) electrons. The van der Waals surface area contributed by atoms with Crippen molar-refractivity contribution in [3.05, 3.63) is 42.5 Å². The minimum atomic E-state index is -0.0319. The Labute approximate surface area is 89.6 Å². The molecule has 0 N–H and O–H groups in total. The molecule has 1 rings (SSSR count). The standard InChI is InChI=1S/C11H13NOS/c1-3-8-12(2)11(13)9-6-4-5-7-10(9)14/h3-7,14H,1,8H2,2H3. The van der Waals surface area contributed by atoms with Gasteiger partial charge in [-0.2, -0.15) is 0 Å².